The summed E-state index contributed by atoms with van der Waals surface area (Å²) in [4.78, 5) is 3.18. The number of nitrogens with zero attached hydrogens (tertiary/aromatic N) is 1. The molecule has 1 heterocycles. The molecule has 0 saturated carbocycles. The molecule has 2 N–H and O–H groups in total. The van der Waals surface area contributed by atoms with Gasteiger partial charge in [0.1, 0.15) is 11.4 Å². The van der Waals surface area contributed by atoms with Crippen LogP contribution < -0.4 is 5.73 Å². The van der Waals surface area contributed by atoms with E-state index in [0.717, 1.165) is 12.1 Å². The molecule has 0 saturated heterocycles. The predicted molar refractivity (Wildman–Crippen MR) is 41.6 cm³/mol. The van der Waals surface area contributed by atoms with Crippen LogP contribution in [0.4, 0.5) is 18.9 Å². The van der Waals surface area contributed by atoms with E-state index in [9.17, 15) is 13.2 Å². The van der Waals surface area contributed by atoms with Gasteiger partial charge in [-0.25, -0.2) is 4.98 Å². The molecule has 0 atom stereocenters. The molecule has 1 aromatic heterocycles. The zero-order valence-corrected chi connectivity index (χ0v) is 6.39. The number of hydrogen-bond donors (Lipinski definition) is 1. The van der Waals surface area contributed by atoms with Crippen LogP contribution in [0, 0.1) is 12.3 Å². The first kappa shape index (κ1) is 9.39. The van der Waals surface area contributed by atoms with Crippen LogP contribution in [0.15, 0.2) is 12.1 Å². The molecule has 2 nitrogen and oxygen atoms in total. The Morgan fingerprint density at radius 3 is 2.46 bits per heavy atom. The van der Waals surface area contributed by atoms with Crippen LogP contribution in [-0.2, 0) is 6.18 Å². The Morgan fingerprint density at radius 2 is 2.00 bits per heavy atom. The highest BCUT2D eigenvalue weighted by Gasteiger charge is 2.32. The minimum Gasteiger partial charge on any atom is -0.396 e. The summed E-state index contributed by atoms with van der Waals surface area (Å²) in [5.74, 6) is 1.97. The molecule has 0 aliphatic rings. The average Bonchev–Trinajstić information content (AvgIpc) is 2.03. The van der Waals surface area contributed by atoms with Gasteiger partial charge in [-0.1, -0.05) is 0 Å². The molecule has 0 fully saturated rings. The standard InChI is InChI=1S/C8H5F3N2/c1-2-6-5(12)3-4-7(13-6)8(9,10)11/h1,3-4H,12H2. The van der Waals surface area contributed by atoms with Crippen molar-refractivity contribution in [1.82, 2.24) is 4.98 Å². The van der Waals surface area contributed by atoms with E-state index in [1.165, 1.54) is 0 Å². The molecule has 1 rings (SSSR count). The number of terminal acetylenes is 1. The van der Waals surface area contributed by atoms with E-state index >= 15 is 0 Å². The van der Waals surface area contributed by atoms with Crippen molar-refractivity contribution in [1.29, 1.82) is 0 Å². The number of alkyl halides is 3. The summed E-state index contributed by atoms with van der Waals surface area (Å²) in [7, 11) is 0. The second kappa shape index (κ2) is 2.98. The van der Waals surface area contributed by atoms with Crippen molar-refractivity contribution in [2.45, 2.75) is 6.18 Å². The minimum atomic E-state index is -4.49. The summed E-state index contributed by atoms with van der Waals surface area (Å²) in [6.45, 7) is 0. The molecule has 13 heavy (non-hydrogen) atoms. The summed E-state index contributed by atoms with van der Waals surface area (Å²) in [5.41, 5.74) is 4.12. The van der Waals surface area contributed by atoms with Gasteiger partial charge in [0, 0.05) is 0 Å². The fourth-order valence-electron chi connectivity index (χ4n) is 0.743. The number of hydrogen-bond acceptors (Lipinski definition) is 2. The van der Waals surface area contributed by atoms with Gasteiger partial charge >= 0.3 is 6.18 Å². The number of halogens is 3. The number of nitrogen functional groups attached to an aromatic ring is 1. The Morgan fingerprint density at radius 1 is 1.38 bits per heavy atom. The third kappa shape index (κ3) is 1.90. The molecule has 68 valence electrons. The molecule has 0 aliphatic carbocycles. The van der Waals surface area contributed by atoms with E-state index in [-0.39, 0.29) is 11.4 Å². The van der Waals surface area contributed by atoms with Gasteiger partial charge in [-0.3, -0.25) is 0 Å². The number of rotatable bonds is 0. The lowest BCUT2D eigenvalue weighted by Gasteiger charge is -2.06. The molecular weight excluding hydrogens is 181 g/mol. The van der Waals surface area contributed by atoms with Crippen LogP contribution in [-0.4, -0.2) is 4.98 Å². The molecule has 0 aliphatic heterocycles. The number of aromatic nitrogens is 1. The predicted octanol–water partition coefficient (Wildman–Crippen LogP) is 1.66. The largest absolute Gasteiger partial charge is 0.433 e. The molecule has 5 heteroatoms. The number of pyridine rings is 1. The number of anilines is 1. The zero-order chi connectivity index (χ0) is 10.1. The van der Waals surface area contributed by atoms with Gasteiger partial charge in [0.15, 0.2) is 0 Å². The maximum Gasteiger partial charge on any atom is 0.433 e. The first-order valence-corrected chi connectivity index (χ1v) is 3.25. The summed E-state index contributed by atoms with van der Waals surface area (Å²) >= 11 is 0. The van der Waals surface area contributed by atoms with Crippen LogP contribution in [0.25, 0.3) is 0 Å². The van der Waals surface area contributed by atoms with Crippen molar-refractivity contribution in [2.24, 2.45) is 0 Å². The molecule has 0 aromatic carbocycles. The SMILES string of the molecule is C#Cc1nc(C(F)(F)F)ccc1N. The third-order valence-electron chi connectivity index (χ3n) is 1.35. The highest BCUT2D eigenvalue weighted by atomic mass is 19.4. The molecule has 0 amide bonds. The molecule has 0 spiro atoms. The Hall–Kier alpha value is -1.70. The van der Waals surface area contributed by atoms with E-state index in [1.54, 1.807) is 0 Å². The van der Waals surface area contributed by atoms with Gasteiger partial charge in [-0.05, 0) is 18.1 Å². The average molecular weight is 186 g/mol. The van der Waals surface area contributed by atoms with Crippen molar-refractivity contribution in [3.63, 3.8) is 0 Å². The Balaban J connectivity index is 3.24. The quantitative estimate of drug-likeness (QED) is 0.626. The lowest BCUT2D eigenvalue weighted by molar-refractivity contribution is -0.141. The summed E-state index contributed by atoms with van der Waals surface area (Å²) < 4.78 is 36.2. The maximum absolute atomic E-state index is 12.1. The highest BCUT2D eigenvalue weighted by Crippen LogP contribution is 2.28. The summed E-state index contributed by atoms with van der Waals surface area (Å²) in [6.07, 6.45) is 0.416. The Kier molecular flexibility index (Phi) is 2.15. The van der Waals surface area contributed by atoms with Gasteiger partial charge in [0.25, 0.3) is 0 Å². The lowest BCUT2D eigenvalue weighted by atomic mass is 10.2. The van der Waals surface area contributed by atoms with Crippen molar-refractivity contribution >= 4 is 5.69 Å². The Bertz CT molecular complexity index is 363. The normalized spacial score (nSPS) is 10.9. The van der Waals surface area contributed by atoms with E-state index in [0.29, 0.717) is 0 Å². The fraction of sp³-hybridized carbons (Fsp3) is 0.125. The third-order valence-corrected chi connectivity index (χ3v) is 1.35. The molecular formula is C8H5F3N2. The van der Waals surface area contributed by atoms with E-state index in [1.807, 2.05) is 5.92 Å². The summed E-state index contributed by atoms with van der Waals surface area (Å²) in [5, 5.41) is 0. The van der Waals surface area contributed by atoms with Gasteiger partial charge < -0.3 is 5.73 Å². The molecule has 0 unspecified atom stereocenters. The van der Waals surface area contributed by atoms with Crippen molar-refractivity contribution < 1.29 is 13.2 Å². The molecule has 1 aromatic rings. The lowest BCUT2D eigenvalue weighted by Crippen LogP contribution is -2.09. The van der Waals surface area contributed by atoms with Crippen LogP contribution in [0.1, 0.15) is 11.4 Å². The second-order valence-corrected chi connectivity index (χ2v) is 2.28. The highest BCUT2D eigenvalue weighted by molar-refractivity contribution is 5.51. The Labute approximate surface area is 72.6 Å². The number of nitrogens with two attached hydrogens (primary N) is 1. The van der Waals surface area contributed by atoms with Crippen LogP contribution in [0.2, 0.25) is 0 Å². The van der Waals surface area contributed by atoms with Crippen molar-refractivity contribution in [2.75, 3.05) is 5.73 Å². The first-order chi connectivity index (χ1) is 5.95. The van der Waals surface area contributed by atoms with Crippen molar-refractivity contribution in [3.05, 3.63) is 23.5 Å². The van der Waals surface area contributed by atoms with Crippen LogP contribution >= 0.6 is 0 Å². The van der Waals surface area contributed by atoms with Crippen molar-refractivity contribution in [3.8, 4) is 12.3 Å². The second-order valence-electron chi connectivity index (χ2n) is 2.28. The smallest absolute Gasteiger partial charge is 0.396 e. The molecule has 0 bridgehead atoms. The van der Waals surface area contributed by atoms with Gasteiger partial charge in [0.05, 0.1) is 5.69 Å². The van der Waals surface area contributed by atoms with Gasteiger partial charge in [0.2, 0.25) is 0 Å². The fourth-order valence-corrected chi connectivity index (χ4v) is 0.743. The van der Waals surface area contributed by atoms with Crippen LogP contribution in [0.3, 0.4) is 0 Å². The summed E-state index contributed by atoms with van der Waals surface area (Å²) in [6, 6.07) is 1.88. The monoisotopic (exact) mass is 186 g/mol. The van der Waals surface area contributed by atoms with Gasteiger partial charge in [-0.15, -0.1) is 6.42 Å². The maximum atomic E-state index is 12.1. The minimum absolute atomic E-state index is 0.0653. The van der Waals surface area contributed by atoms with E-state index < -0.39 is 11.9 Å². The van der Waals surface area contributed by atoms with E-state index in [4.69, 9.17) is 12.2 Å². The van der Waals surface area contributed by atoms with Crippen LogP contribution in [0.5, 0.6) is 0 Å². The molecule has 0 radical (unpaired) electrons. The van der Waals surface area contributed by atoms with Gasteiger partial charge in [-0.2, -0.15) is 13.2 Å². The topological polar surface area (TPSA) is 38.9 Å². The zero-order valence-electron chi connectivity index (χ0n) is 6.39. The van der Waals surface area contributed by atoms with E-state index in [2.05, 4.69) is 4.98 Å². The first-order valence-electron chi connectivity index (χ1n) is 3.25.